The van der Waals surface area contributed by atoms with Gasteiger partial charge in [0.05, 0.1) is 6.54 Å². The zero-order valence-corrected chi connectivity index (χ0v) is 9.27. The zero-order valence-electron chi connectivity index (χ0n) is 9.27. The Morgan fingerprint density at radius 3 is 2.62 bits per heavy atom. The zero-order chi connectivity index (χ0) is 12.1. The molecule has 2 amide bonds. The molecule has 0 saturated heterocycles. The molecule has 0 aromatic rings. The highest BCUT2D eigenvalue weighted by Crippen LogP contribution is 2.24. The van der Waals surface area contributed by atoms with Gasteiger partial charge in [-0.25, -0.2) is 9.59 Å². The van der Waals surface area contributed by atoms with Crippen molar-refractivity contribution >= 4 is 12.0 Å². The number of carbonyl (C=O) groups is 2. The van der Waals surface area contributed by atoms with Gasteiger partial charge in [-0.05, 0) is 25.2 Å². The van der Waals surface area contributed by atoms with Crippen LogP contribution in [0, 0.1) is 5.92 Å². The van der Waals surface area contributed by atoms with Crippen LogP contribution in [0.2, 0.25) is 0 Å². The minimum absolute atomic E-state index is 0.164. The molecule has 0 aromatic heterocycles. The lowest BCUT2D eigenvalue weighted by Crippen LogP contribution is -2.45. The van der Waals surface area contributed by atoms with Gasteiger partial charge in [-0.3, -0.25) is 0 Å². The summed E-state index contributed by atoms with van der Waals surface area (Å²) in [4.78, 5) is 21.6. The number of hydrogen-bond acceptors (Lipinski definition) is 3. The van der Waals surface area contributed by atoms with Crippen molar-refractivity contribution in [2.75, 3.05) is 6.54 Å². The molecular weight excluding hydrogens is 212 g/mol. The maximum atomic E-state index is 11.3. The number of carboxylic acid groups (broad SMARTS) is 1. The quantitative estimate of drug-likeness (QED) is 0.543. The smallest absolute Gasteiger partial charge is 0.334 e. The highest BCUT2D eigenvalue weighted by molar-refractivity contribution is 5.76. The second kappa shape index (κ2) is 5.69. The molecule has 1 saturated carbocycles. The highest BCUT2D eigenvalue weighted by Gasteiger charge is 2.23. The van der Waals surface area contributed by atoms with Crippen molar-refractivity contribution in [2.24, 2.45) is 5.92 Å². The Bertz CT molecular complexity index is 270. The minimum Gasteiger partial charge on any atom is -0.479 e. The molecule has 1 aliphatic carbocycles. The summed E-state index contributed by atoms with van der Waals surface area (Å²) >= 11 is 0. The lowest BCUT2D eigenvalue weighted by atomic mass is 10.1. The summed E-state index contributed by atoms with van der Waals surface area (Å²) in [6.07, 6.45) is 1.46. The number of hydrogen-bond donors (Lipinski definition) is 4. The fourth-order valence-electron chi connectivity index (χ4n) is 1.85. The molecule has 0 heterocycles. The van der Waals surface area contributed by atoms with E-state index in [-0.39, 0.29) is 12.6 Å². The highest BCUT2D eigenvalue weighted by atomic mass is 16.4. The van der Waals surface area contributed by atoms with Gasteiger partial charge in [-0.1, -0.05) is 6.92 Å². The summed E-state index contributed by atoms with van der Waals surface area (Å²) in [7, 11) is 0. The average Bonchev–Trinajstić information content (AvgIpc) is 2.60. The van der Waals surface area contributed by atoms with Gasteiger partial charge in [-0.2, -0.15) is 0 Å². The van der Waals surface area contributed by atoms with Gasteiger partial charge in [0.2, 0.25) is 0 Å². The van der Waals surface area contributed by atoms with Crippen molar-refractivity contribution in [1.82, 2.24) is 10.6 Å². The molecule has 6 heteroatoms. The van der Waals surface area contributed by atoms with Crippen LogP contribution in [0.3, 0.4) is 0 Å². The summed E-state index contributed by atoms with van der Waals surface area (Å²) in [5.74, 6) is -0.718. The first-order chi connectivity index (χ1) is 7.49. The van der Waals surface area contributed by atoms with E-state index in [2.05, 4.69) is 17.6 Å². The van der Waals surface area contributed by atoms with E-state index < -0.39 is 18.1 Å². The fourth-order valence-corrected chi connectivity index (χ4v) is 1.85. The van der Waals surface area contributed by atoms with Crippen LogP contribution in [-0.2, 0) is 4.79 Å². The van der Waals surface area contributed by atoms with Gasteiger partial charge in [0, 0.05) is 6.04 Å². The third kappa shape index (κ3) is 4.06. The minimum atomic E-state index is -1.55. The van der Waals surface area contributed by atoms with Crippen LogP contribution in [0.5, 0.6) is 0 Å². The van der Waals surface area contributed by atoms with Crippen LogP contribution in [0.15, 0.2) is 0 Å². The van der Waals surface area contributed by atoms with Crippen LogP contribution >= 0.6 is 0 Å². The van der Waals surface area contributed by atoms with Gasteiger partial charge < -0.3 is 20.8 Å². The molecule has 6 nitrogen and oxygen atoms in total. The summed E-state index contributed by atoms with van der Waals surface area (Å²) in [5, 5.41) is 22.4. The Morgan fingerprint density at radius 1 is 1.44 bits per heavy atom. The molecule has 3 unspecified atom stereocenters. The first kappa shape index (κ1) is 12.8. The van der Waals surface area contributed by atoms with Crippen molar-refractivity contribution in [3.63, 3.8) is 0 Å². The van der Waals surface area contributed by atoms with Crippen molar-refractivity contribution in [2.45, 2.75) is 38.3 Å². The Labute approximate surface area is 94.0 Å². The second-order valence-corrected chi connectivity index (χ2v) is 4.32. The lowest BCUT2D eigenvalue weighted by molar-refractivity contribution is -0.146. The lowest BCUT2D eigenvalue weighted by Gasteiger charge is -2.14. The predicted octanol–water partition coefficient (Wildman–Crippen LogP) is -0.0803. The molecule has 1 rings (SSSR count). The Kier molecular flexibility index (Phi) is 4.54. The molecule has 4 N–H and O–H groups in total. The molecular formula is C10H18N2O4. The van der Waals surface area contributed by atoms with Crippen molar-refractivity contribution in [1.29, 1.82) is 0 Å². The predicted molar refractivity (Wildman–Crippen MR) is 57.0 cm³/mol. The number of rotatable bonds is 4. The van der Waals surface area contributed by atoms with E-state index in [0.29, 0.717) is 5.92 Å². The number of amides is 2. The van der Waals surface area contributed by atoms with Crippen LogP contribution < -0.4 is 10.6 Å². The van der Waals surface area contributed by atoms with Gasteiger partial charge in [0.15, 0.2) is 6.10 Å². The van der Waals surface area contributed by atoms with Crippen LogP contribution in [0.25, 0.3) is 0 Å². The fraction of sp³-hybridized carbons (Fsp3) is 0.800. The summed E-state index contributed by atoms with van der Waals surface area (Å²) in [6.45, 7) is 1.86. The SMILES string of the molecule is CC1CCC(NC(=O)NCC(O)C(=O)O)C1. The molecule has 1 aliphatic rings. The van der Waals surface area contributed by atoms with Gasteiger partial charge in [-0.15, -0.1) is 0 Å². The number of carbonyl (C=O) groups excluding carboxylic acids is 1. The summed E-state index contributed by atoms with van der Waals surface area (Å²) in [5.41, 5.74) is 0. The Hall–Kier alpha value is -1.30. The molecule has 1 fully saturated rings. The molecule has 92 valence electrons. The van der Waals surface area contributed by atoms with E-state index in [4.69, 9.17) is 10.2 Å². The number of aliphatic hydroxyl groups is 1. The molecule has 16 heavy (non-hydrogen) atoms. The first-order valence-corrected chi connectivity index (χ1v) is 5.44. The molecule has 0 aromatic carbocycles. The second-order valence-electron chi connectivity index (χ2n) is 4.32. The molecule has 0 spiro atoms. The summed E-state index contributed by atoms with van der Waals surface area (Å²) in [6, 6.07) is -0.253. The largest absolute Gasteiger partial charge is 0.479 e. The number of nitrogens with one attached hydrogen (secondary N) is 2. The van der Waals surface area contributed by atoms with Crippen molar-refractivity contribution < 1.29 is 19.8 Å². The number of urea groups is 1. The van der Waals surface area contributed by atoms with Gasteiger partial charge in [0.25, 0.3) is 0 Å². The van der Waals surface area contributed by atoms with Gasteiger partial charge in [0.1, 0.15) is 0 Å². The van der Waals surface area contributed by atoms with Crippen LogP contribution in [0.1, 0.15) is 26.2 Å². The Balaban J connectivity index is 2.18. The number of carboxylic acids is 1. The van der Waals surface area contributed by atoms with Crippen molar-refractivity contribution in [3.05, 3.63) is 0 Å². The normalized spacial score (nSPS) is 26.1. The average molecular weight is 230 g/mol. The van der Waals surface area contributed by atoms with E-state index in [1.54, 1.807) is 0 Å². The monoisotopic (exact) mass is 230 g/mol. The van der Waals surface area contributed by atoms with Crippen molar-refractivity contribution in [3.8, 4) is 0 Å². The van der Waals surface area contributed by atoms with E-state index in [9.17, 15) is 9.59 Å². The van der Waals surface area contributed by atoms with Crippen LogP contribution in [-0.4, -0.2) is 40.9 Å². The number of aliphatic hydroxyl groups excluding tert-OH is 1. The molecule has 0 aliphatic heterocycles. The topological polar surface area (TPSA) is 98.7 Å². The molecule has 3 atom stereocenters. The maximum Gasteiger partial charge on any atom is 0.334 e. The molecule has 0 radical (unpaired) electrons. The van der Waals surface area contributed by atoms with E-state index in [1.165, 1.54) is 0 Å². The van der Waals surface area contributed by atoms with Crippen LogP contribution in [0.4, 0.5) is 4.79 Å². The Morgan fingerprint density at radius 2 is 2.12 bits per heavy atom. The molecule has 0 bridgehead atoms. The maximum absolute atomic E-state index is 11.3. The van der Waals surface area contributed by atoms with E-state index >= 15 is 0 Å². The van der Waals surface area contributed by atoms with Gasteiger partial charge >= 0.3 is 12.0 Å². The van der Waals surface area contributed by atoms with E-state index in [1.807, 2.05) is 0 Å². The standard InChI is InChI=1S/C10H18N2O4/c1-6-2-3-7(4-6)12-10(16)11-5-8(13)9(14)15/h6-8,13H,2-5H2,1H3,(H,14,15)(H2,11,12,16). The third-order valence-corrected chi connectivity index (χ3v) is 2.77. The third-order valence-electron chi connectivity index (χ3n) is 2.77. The summed E-state index contributed by atoms with van der Waals surface area (Å²) < 4.78 is 0. The first-order valence-electron chi connectivity index (χ1n) is 5.44. The van der Waals surface area contributed by atoms with E-state index in [0.717, 1.165) is 19.3 Å². The number of aliphatic carboxylic acids is 1.